The normalized spacial score (nSPS) is 12.8. The van der Waals surface area contributed by atoms with Crippen molar-refractivity contribution in [3.05, 3.63) is 23.8 Å². The number of hydrogen-bond donors (Lipinski definition) is 2. The molecule has 21 heavy (non-hydrogen) atoms. The van der Waals surface area contributed by atoms with Crippen molar-refractivity contribution in [2.24, 2.45) is 5.92 Å². The van der Waals surface area contributed by atoms with Gasteiger partial charge in [-0.15, -0.1) is 11.6 Å². The number of alkyl halides is 1. The van der Waals surface area contributed by atoms with Crippen LogP contribution in [-0.4, -0.2) is 26.0 Å². The Hall–Kier alpha value is -1.27. The topological polar surface area (TPSA) is 75.3 Å². The number of hydrogen-bond acceptors (Lipinski definition) is 3. The fourth-order valence-corrected chi connectivity index (χ4v) is 3.49. The monoisotopic (exact) mass is 332 g/mol. The molecule has 5 nitrogen and oxygen atoms in total. The van der Waals surface area contributed by atoms with Crippen LogP contribution in [-0.2, 0) is 14.8 Å². The van der Waals surface area contributed by atoms with Crippen LogP contribution >= 0.6 is 11.6 Å². The Balaban J connectivity index is 2.94. The molecular weight excluding hydrogens is 312 g/mol. The summed E-state index contributed by atoms with van der Waals surface area (Å²) in [5.41, 5.74) is 1.75. The molecule has 0 fully saturated rings. The van der Waals surface area contributed by atoms with Gasteiger partial charge in [0.1, 0.15) is 0 Å². The predicted molar refractivity (Wildman–Crippen MR) is 87.4 cm³/mol. The average molecular weight is 333 g/mol. The van der Waals surface area contributed by atoms with Gasteiger partial charge in [-0.1, -0.05) is 19.9 Å². The van der Waals surface area contributed by atoms with E-state index in [4.69, 9.17) is 11.6 Å². The molecule has 1 unspecified atom stereocenters. The molecule has 0 radical (unpaired) electrons. The number of halogens is 1. The van der Waals surface area contributed by atoms with E-state index in [1.54, 1.807) is 39.0 Å². The molecule has 1 atom stereocenters. The van der Waals surface area contributed by atoms with Crippen molar-refractivity contribution < 1.29 is 13.2 Å². The number of amides is 1. The fourth-order valence-electron chi connectivity index (χ4n) is 1.75. The van der Waals surface area contributed by atoms with E-state index in [2.05, 4.69) is 10.0 Å². The molecule has 0 aliphatic carbocycles. The van der Waals surface area contributed by atoms with Crippen molar-refractivity contribution in [1.82, 2.24) is 0 Å². The predicted octanol–water partition coefficient (Wildman–Crippen LogP) is 2.96. The smallest absolute Gasteiger partial charge is 0.233 e. The van der Waals surface area contributed by atoms with Gasteiger partial charge in [-0.3, -0.25) is 9.52 Å². The molecule has 0 aliphatic rings. The number of rotatable bonds is 7. The van der Waals surface area contributed by atoms with Gasteiger partial charge in [0, 0.05) is 18.0 Å². The Morgan fingerprint density at radius 2 is 1.95 bits per heavy atom. The Morgan fingerprint density at radius 1 is 1.33 bits per heavy atom. The van der Waals surface area contributed by atoms with E-state index in [9.17, 15) is 13.2 Å². The van der Waals surface area contributed by atoms with E-state index in [0.717, 1.165) is 0 Å². The van der Waals surface area contributed by atoms with Crippen molar-refractivity contribution in [2.75, 3.05) is 21.7 Å². The minimum Gasteiger partial charge on any atom is -0.326 e. The number of benzene rings is 1. The minimum absolute atomic E-state index is 0.0402. The SMILES string of the molecule is CCC(=O)Nc1cccc(NS(=O)(=O)CC(C)CCl)c1C. The number of carbonyl (C=O) groups excluding carboxylic acids is 1. The molecule has 0 bridgehead atoms. The third kappa shape index (κ3) is 5.55. The molecule has 2 N–H and O–H groups in total. The quantitative estimate of drug-likeness (QED) is 0.754. The summed E-state index contributed by atoms with van der Waals surface area (Å²) in [6.45, 7) is 5.29. The number of nitrogens with one attached hydrogen (secondary N) is 2. The third-order valence-electron chi connectivity index (χ3n) is 2.96. The van der Waals surface area contributed by atoms with E-state index in [1.165, 1.54) is 0 Å². The van der Waals surface area contributed by atoms with Gasteiger partial charge >= 0.3 is 0 Å². The summed E-state index contributed by atoms with van der Waals surface area (Å²) in [4.78, 5) is 11.4. The second-order valence-electron chi connectivity index (χ2n) is 5.02. The lowest BCUT2D eigenvalue weighted by atomic mass is 10.1. The maximum Gasteiger partial charge on any atom is 0.233 e. The number of sulfonamides is 1. The van der Waals surface area contributed by atoms with Crippen molar-refractivity contribution >= 4 is 38.9 Å². The summed E-state index contributed by atoms with van der Waals surface area (Å²) < 4.78 is 26.7. The number of carbonyl (C=O) groups is 1. The molecule has 7 heteroatoms. The molecular formula is C14H21ClN2O3S. The molecule has 1 rings (SSSR count). The van der Waals surface area contributed by atoms with Crippen LogP contribution in [0.2, 0.25) is 0 Å². The maximum atomic E-state index is 12.1. The zero-order chi connectivity index (χ0) is 16.0. The van der Waals surface area contributed by atoms with Gasteiger partial charge in [-0.25, -0.2) is 8.42 Å². The van der Waals surface area contributed by atoms with E-state index >= 15 is 0 Å². The van der Waals surface area contributed by atoms with Crippen molar-refractivity contribution in [3.63, 3.8) is 0 Å². The van der Waals surface area contributed by atoms with E-state index in [1.807, 2.05) is 0 Å². The molecule has 0 aromatic heterocycles. The van der Waals surface area contributed by atoms with Crippen LogP contribution in [0.1, 0.15) is 25.8 Å². The lowest BCUT2D eigenvalue weighted by Crippen LogP contribution is -2.22. The Bertz CT molecular complexity index is 602. The standard InChI is InChI=1S/C14H21ClN2O3S/c1-4-14(18)16-12-6-5-7-13(11(12)3)17-21(19,20)9-10(2)8-15/h5-7,10,17H,4,8-9H2,1-3H3,(H,16,18). The highest BCUT2D eigenvalue weighted by atomic mass is 35.5. The van der Waals surface area contributed by atoms with Gasteiger partial charge in [-0.2, -0.15) is 0 Å². The second kappa shape index (κ2) is 7.66. The van der Waals surface area contributed by atoms with Crippen LogP contribution in [0.5, 0.6) is 0 Å². The molecule has 1 aromatic rings. The molecule has 0 heterocycles. The Kier molecular flexibility index (Phi) is 6.48. The molecule has 0 aliphatic heterocycles. The zero-order valence-electron chi connectivity index (χ0n) is 12.4. The summed E-state index contributed by atoms with van der Waals surface area (Å²) >= 11 is 5.65. The van der Waals surface area contributed by atoms with Gasteiger partial charge < -0.3 is 5.32 Å². The summed E-state index contributed by atoms with van der Waals surface area (Å²) in [6, 6.07) is 5.10. The molecule has 1 aromatic carbocycles. The first-order valence-corrected chi connectivity index (χ1v) is 8.93. The van der Waals surface area contributed by atoms with Crippen LogP contribution in [0, 0.1) is 12.8 Å². The molecule has 0 saturated carbocycles. The maximum absolute atomic E-state index is 12.1. The first-order valence-electron chi connectivity index (χ1n) is 6.75. The van der Waals surface area contributed by atoms with E-state index in [-0.39, 0.29) is 23.5 Å². The largest absolute Gasteiger partial charge is 0.326 e. The van der Waals surface area contributed by atoms with Crippen LogP contribution < -0.4 is 10.0 Å². The highest BCUT2D eigenvalue weighted by Gasteiger charge is 2.17. The third-order valence-corrected chi connectivity index (χ3v) is 5.03. The average Bonchev–Trinajstić information content (AvgIpc) is 2.42. The summed E-state index contributed by atoms with van der Waals surface area (Å²) in [6.07, 6.45) is 0.364. The van der Waals surface area contributed by atoms with Crippen molar-refractivity contribution in [1.29, 1.82) is 0 Å². The van der Waals surface area contributed by atoms with Gasteiger partial charge in [0.05, 0.1) is 11.4 Å². The van der Waals surface area contributed by atoms with Crippen LogP contribution in [0.25, 0.3) is 0 Å². The second-order valence-corrected chi connectivity index (χ2v) is 7.10. The molecule has 1 amide bonds. The molecule has 0 spiro atoms. The molecule has 0 saturated heterocycles. The Morgan fingerprint density at radius 3 is 2.52 bits per heavy atom. The van der Waals surface area contributed by atoms with Crippen LogP contribution in [0.3, 0.4) is 0 Å². The van der Waals surface area contributed by atoms with Gasteiger partial charge in [0.25, 0.3) is 0 Å². The summed E-state index contributed by atoms with van der Waals surface area (Å²) in [7, 11) is -3.47. The van der Waals surface area contributed by atoms with Crippen LogP contribution in [0.4, 0.5) is 11.4 Å². The first kappa shape index (κ1) is 17.8. The van der Waals surface area contributed by atoms with Crippen molar-refractivity contribution in [2.45, 2.75) is 27.2 Å². The number of anilines is 2. The van der Waals surface area contributed by atoms with Crippen LogP contribution in [0.15, 0.2) is 18.2 Å². The van der Waals surface area contributed by atoms with Crippen molar-refractivity contribution in [3.8, 4) is 0 Å². The molecule has 118 valence electrons. The minimum atomic E-state index is -3.47. The highest BCUT2D eigenvalue weighted by molar-refractivity contribution is 7.92. The lowest BCUT2D eigenvalue weighted by molar-refractivity contribution is -0.115. The highest BCUT2D eigenvalue weighted by Crippen LogP contribution is 2.24. The lowest BCUT2D eigenvalue weighted by Gasteiger charge is -2.15. The first-order chi connectivity index (χ1) is 9.79. The van der Waals surface area contributed by atoms with E-state index in [0.29, 0.717) is 23.4 Å². The fraction of sp³-hybridized carbons (Fsp3) is 0.500. The Labute approximate surface area is 131 Å². The summed E-state index contributed by atoms with van der Waals surface area (Å²) in [5, 5.41) is 2.74. The van der Waals surface area contributed by atoms with E-state index < -0.39 is 10.0 Å². The van der Waals surface area contributed by atoms with Gasteiger partial charge in [-0.05, 0) is 30.5 Å². The van der Waals surface area contributed by atoms with Gasteiger partial charge in [0.2, 0.25) is 15.9 Å². The zero-order valence-corrected chi connectivity index (χ0v) is 14.0. The summed E-state index contributed by atoms with van der Waals surface area (Å²) in [5.74, 6) is -0.00475. The van der Waals surface area contributed by atoms with Gasteiger partial charge in [0.15, 0.2) is 0 Å².